The number of carbonyl (C=O) groups excluding carboxylic acids is 2. The number of amides is 2. The Balaban J connectivity index is 1.61. The number of oxazole rings is 1. The summed E-state index contributed by atoms with van der Waals surface area (Å²) in [6.45, 7) is 5.05. The first-order valence-electron chi connectivity index (χ1n) is 9.21. The van der Waals surface area contributed by atoms with E-state index in [2.05, 4.69) is 10.3 Å². The summed E-state index contributed by atoms with van der Waals surface area (Å²) in [6, 6.07) is 5.40. The van der Waals surface area contributed by atoms with Gasteiger partial charge < -0.3 is 19.4 Å². The van der Waals surface area contributed by atoms with Crippen molar-refractivity contribution in [1.82, 2.24) is 9.88 Å². The normalized spacial score (nSPS) is 18.7. The highest BCUT2D eigenvalue weighted by molar-refractivity contribution is 6.01. The van der Waals surface area contributed by atoms with Gasteiger partial charge in [0.15, 0.2) is 5.89 Å². The number of aromatic nitrogens is 1. The van der Waals surface area contributed by atoms with Crippen molar-refractivity contribution >= 4 is 17.5 Å². The Hall–Kier alpha value is -2.83. The molecule has 2 aliphatic rings. The molecule has 4 rings (SSSR count). The maximum atomic E-state index is 13.3. The topological polar surface area (TPSA) is 84.7 Å². The SMILES string of the molecule is COc1ccc2c(c1)C(C(=O)N1CCc3oc(C(C)C)nc3C1)CC(=O)N2. The highest BCUT2D eigenvalue weighted by Gasteiger charge is 2.36. The molecule has 2 aromatic rings. The summed E-state index contributed by atoms with van der Waals surface area (Å²) < 4.78 is 11.1. The quantitative estimate of drug-likeness (QED) is 0.899. The van der Waals surface area contributed by atoms with E-state index in [0.717, 1.165) is 17.0 Å². The lowest BCUT2D eigenvalue weighted by Gasteiger charge is -2.32. The zero-order valence-corrected chi connectivity index (χ0v) is 15.7. The van der Waals surface area contributed by atoms with Crippen LogP contribution in [-0.4, -0.2) is 35.4 Å². The molecule has 1 N–H and O–H groups in total. The van der Waals surface area contributed by atoms with Crippen LogP contribution in [0.2, 0.25) is 0 Å². The maximum Gasteiger partial charge on any atom is 0.231 e. The van der Waals surface area contributed by atoms with E-state index in [4.69, 9.17) is 9.15 Å². The minimum Gasteiger partial charge on any atom is -0.497 e. The first-order chi connectivity index (χ1) is 13.0. The summed E-state index contributed by atoms with van der Waals surface area (Å²) in [5.41, 5.74) is 2.30. The Morgan fingerprint density at radius 3 is 2.96 bits per heavy atom. The summed E-state index contributed by atoms with van der Waals surface area (Å²) in [5.74, 6) is 1.74. The number of fused-ring (bicyclic) bond motifs is 2. The van der Waals surface area contributed by atoms with Gasteiger partial charge in [-0.15, -0.1) is 0 Å². The molecule has 1 unspecified atom stereocenters. The molecule has 1 aromatic heterocycles. The second-order valence-electron chi connectivity index (χ2n) is 7.34. The lowest BCUT2D eigenvalue weighted by Crippen LogP contribution is -2.41. The van der Waals surface area contributed by atoms with Gasteiger partial charge in [0.05, 0.1) is 19.6 Å². The monoisotopic (exact) mass is 369 g/mol. The minimum absolute atomic E-state index is 0.0564. The van der Waals surface area contributed by atoms with E-state index < -0.39 is 5.92 Å². The van der Waals surface area contributed by atoms with Crippen LogP contribution in [0.15, 0.2) is 22.6 Å². The van der Waals surface area contributed by atoms with Crippen molar-refractivity contribution in [2.24, 2.45) is 0 Å². The maximum absolute atomic E-state index is 13.3. The third-order valence-electron chi connectivity index (χ3n) is 5.15. The highest BCUT2D eigenvalue weighted by atomic mass is 16.5. The lowest BCUT2D eigenvalue weighted by atomic mass is 9.88. The first kappa shape index (κ1) is 17.6. The summed E-state index contributed by atoms with van der Waals surface area (Å²) in [5, 5.41) is 2.84. The van der Waals surface area contributed by atoms with E-state index in [9.17, 15) is 9.59 Å². The van der Waals surface area contributed by atoms with Crippen LogP contribution in [0.25, 0.3) is 0 Å². The largest absolute Gasteiger partial charge is 0.497 e. The van der Waals surface area contributed by atoms with Crippen molar-refractivity contribution in [2.75, 3.05) is 19.0 Å². The summed E-state index contributed by atoms with van der Waals surface area (Å²) in [6.07, 6.45) is 0.781. The van der Waals surface area contributed by atoms with Gasteiger partial charge in [0.2, 0.25) is 11.8 Å². The number of benzene rings is 1. The Bertz CT molecular complexity index is 903. The van der Waals surface area contributed by atoms with Crippen LogP contribution in [0.4, 0.5) is 5.69 Å². The average molecular weight is 369 g/mol. The lowest BCUT2D eigenvalue weighted by molar-refractivity contribution is -0.135. The Morgan fingerprint density at radius 1 is 1.41 bits per heavy atom. The molecule has 3 heterocycles. The van der Waals surface area contributed by atoms with Crippen LogP contribution in [-0.2, 0) is 22.6 Å². The summed E-state index contributed by atoms with van der Waals surface area (Å²) >= 11 is 0. The van der Waals surface area contributed by atoms with Gasteiger partial charge >= 0.3 is 0 Å². The highest BCUT2D eigenvalue weighted by Crippen LogP contribution is 2.37. The van der Waals surface area contributed by atoms with Gasteiger partial charge in [-0.05, 0) is 23.8 Å². The van der Waals surface area contributed by atoms with E-state index in [0.29, 0.717) is 36.8 Å². The zero-order chi connectivity index (χ0) is 19.1. The molecule has 2 aliphatic heterocycles. The molecule has 0 saturated heterocycles. The molecule has 1 aromatic carbocycles. The van der Waals surface area contributed by atoms with Crippen LogP contribution >= 0.6 is 0 Å². The molecule has 0 saturated carbocycles. The molecule has 0 fully saturated rings. The summed E-state index contributed by atoms with van der Waals surface area (Å²) in [4.78, 5) is 31.7. The molecule has 0 spiro atoms. The number of hydrogen-bond acceptors (Lipinski definition) is 5. The molecule has 1 atom stereocenters. The molecule has 0 bridgehead atoms. The van der Waals surface area contributed by atoms with E-state index in [1.165, 1.54) is 0 Å². The number of nitrogens with zero attached hydrogens (tertiary/aromatic N) is 2. The number of anilines is 1. The van der Waals surface area contributed by atoms with Crippen molar-refractivity contribution in [2.45, 2.75) is 45.1 Å². The fourth-order valence-electron chi connectivity index (χ4n) is 3.66. The van der Waals surface area contributed by atoms with Crippen molar-refractivity contribution in [3.63, 3.8) is 0 Å². The summed E-state index contributed by atoms with van der Waals surface area (Å²) in [7, 11) is 1.59. The first-order valence-corrected chi connectivity index (χ1v) is 9.21. The van der Waals surface area contributed by atoms with E-state index in [-0.39, 0.29) is 24.2 Å². The molecular formula is C20H23N3O4. The van der Waals surface area contributed by atoms with Crippen LogP contribution in [0.1, 0.15) is 55.0 Å². The predicted molar refractivity (Wildman–Crippen MR) is 98.7 cm³/mol. The van der Waals surface area contributed by atoms with Gasteiger partial charge in [-0.2, -0.15) is 0 Å². The molecular weight excluding hydrogens is 346 g/mol. The fraction of sp³-hybridized carbons (Fsp3) is 0.450. The van der Waals surface area contributed by atoms with Crippen LogP contribution < -0.4 is 10.1 Å². The van der Waals surface area contributed by atoms with Gasteiger partial charge in [0.1, 0.15) is 17.2 Å². The van der Waals surface area contributed by atoms with Crippen LogP contribution in [0, 0.1) is 0 Å². The van der Waals surface area contributed by atoms with Gasteiger partial charge in [0.25, 0.3) is 0 Å². The predicted octanol–water partition coefficient (Wildman–Crippen LogP) is 2.82. The Kier molecular flexibility index (Phi) is 4.37. The van der Waals surface area contributed by atoms with Gasteiger partial charge in [-0.1, -0.05) is 13.8 Å². The molecule has 2 amide bonds. The number of ether oxygens (including phenoxy) is 1. The van der Waals surface area contributed by atoms with Crippen molar-refractivity contribution < 1.29 is 18.7 Å². The van der Waals surface area contributed by atoms with E-state index in [1.54, 1.807) is 24.1 Å². The van der Waals surface area contributed by atoms with Gasteiger partial charge in [0, 0.05) is 31.0 Å². The molecule has 0 radical (unpaired) electrons. The molecule has 7 heteroatoms. The fourth-order valence-corrected chi connectivity index (χ4v) is 3.66. The Labute approximate surface area is 157 Å². The molecule has 7 nitrogen and oxygen atoms in total. The number of hydrogen-bond donors (Lipinski definition) is 1. The van der Waals surface area contributed by atoms with E-state index >= 15 is 0 Å². The molecule has 27 heavy (non-hydrogen) atoms. The van der Waals surface area contributed by atoms with Crippen LogP contribution in [0.5, 0.6) is 5.75 Å². The number of rotatable bonds is 3. The Morgan fingerprint density at radius 2 is 2.22 bits per heavy atom. The number of carbonyl (C=O) groups is 2. The van der Waals surface area contributed by atoms with E-state index in [1.807, 2.05) is 19.9 Å². The third-order valence-corrected chi connectivity index (χ3v) is 5.15. The smallest absolute Gasteiger partial charge is 0.231 e. The second kappa shape index (κ2) is 6.72. The standard InChI is InChI=1S/C20H23N3O4/c1-11(2)19-22-16-10-23(7-6-17(16)27-19)20(25)14-9-18(24)21-15-5-4-12(26-3)8-13(14)15/h4-5,8,11,14H,6-7,9-10H2,1-3H3,(H,21,24). The van der Waals surface area contributed by atoms with Crippen molar-refractivity contribution in [1.29, 1.82) is 0 Å². The number of methoxy groups -OCH3 is 1. The third kappa shape index (κ3) is 3.18. The van der Waals surface area contributed by atoms with Crippen LogP contribution in [0.3, 0.4) is 0 Å². The molecule has 0 aliphatic carbocycles. The zero-order valence-electron chi connectivity index (χ0n) is 15.7. The van der Waals surface area contributed by atoms with Gasteiger partial charge in [-0.25, -0.2) is 4.98 Å². The van der Waals surface area contributed by atoms with Gasteiger partial charge in [-0.3, -0.25) is 9.59 Å². The second-order valence-corrected chi connectivity index (χ2v) is 7.34. The minimum atomic E-state index is -0.512. The average Bonchev–Trinajstić information content (AvgIpc) is 3.10. The van der Waals surface area contributed by atoms with Crippen molar-refractivity contribution in [3.8, 4) is 5.75 Å². The number of nitrogens with one attached hydrogen (secondary N) is 1. The molecule has 142 valence electrons. The van der Waals surface area contributed by atoms with Crippen molar-refractivity contribution in [3.05, 3.63) is 41.1 Å².